The van der Waals surface area contributed by atoms with Gasteiger partial charge >= 0.3 is 5.97 Å². The molecule has 0 radical (unpaired) electrons. The molecule has 0 saturated heterocycles. The van der Waals surface area contributed by atoms with Crippen molar-refractivity contribution in [3.63, 3.8) is 0 Å². The van der Waals surface area contributed by atoms with E-state index in [2.05, 4.69) is 4.90 Å². The highest BCUT2D eigenvalue weighted by Crippen LogP contribution is 2.36. The number of benzene rings is 1. The van der Waals surface area contributed by atoms with Crippen molar-refractivity contribution in [2.24, 2.45) is 0 Å². The van der Waals surface area contributed by atoms with E-state index >= 15 is 0 Å². The van der Waals surface area contributed by atoms with Gasteiger partial charge in [-0.25, -0.2) is 8.42 Å². The molecule has 1 N–H and O–H groups in total. The van der Waals surface area contributed by atoms with Crippen molar-refractivity contribution in [1.82, 2.24) is 4.90 Å². The second-order valence-corrected chi connectivity index (χ2v) is 8.24. The molecule has 0 heterocycles. The number of carbonyl (C=O) groups is 1. The highest BCUT2D eigenvalue weighted by molar-refractivity contribution is 7.92. The summed E-state index contributed by atoms with van der Waals surface area (Å²) in [4.78, 5) is 12.7. The molecule has 1 fully saturated rings. The van der Waals surface area contributed by atoms with E-state index in [4.69, 9.17) is 16.7 Å². The monoisotopic (exact) mass is 345 g/mol. The summed E-state index contributed by atoms with van der Waals surface area (Å²) >= 11 is 6.22. The SMILES string of the molecule is CC(c1ccccc1Cl)N(CCS(=O)(=O)CC(=O)O)C1CC1. The molecule has 0 aromatic heterocycles. The first-order valence-electron chi connectivity index (χ1n) is 7.22. The zero-order valence-electron chi connectivity index (χ0n) is 12.4. The minimum atomic E-state index is -3.58. The minimum Gasteiger partial charge on any atom is -0.480 e. The number of sulfone groups is 1. The van der Waals surface area contributed by atoms with Crippen LogP contribution in [0.5, 0.6) is 0 Å². The van der Waals surface area contributed by atoms with Crippen molar-refractivity contribution in [1.29, 1.82) is 0 Å². The van der Waals surface area contributed by atoms with Gasteiger partial charge in [0.15, 0.2) is 9.84 Å². The van der Waals surface area contributed by atoms with Gasteiger partial charge in [-0.1, -0.05) is 29.8 Å². The first-order chi connectivity index (χ1) is 10.3. The van der Waals surface area contributed by atoms with Crippen LogP contribution in [0.2, 0.25) is 5.02 Å². The van der Waals surface area contributed by atoms with Crippen LogP contribution in [0.4, 0.5) is 0 Å². The molecule has 1 unspecified atom stereocenters. The van der Waals surface area contributed by atoms with Crippen LogP contribution >= 0.6 is 11.6 Å². The van der Waals surface area contributed by atoms with Crippen molar-refractivity contribution in [3.05, 3.63) is 34.9 Å². The highest BCUT2D eigenvalue weighted by Gasteiger charge is 2.34. The summed E-state index contributed by atoms with van der Waals surface area (Å²) in [5, 5.41) is 9.31. The Hall–Kier alpha value is -1.11. The first kappa shape index (κ1) is 17.2. The molecule has 7 heteroatoms. The summed E-state index contributed by atoms with van der Waals surface area (Å²) in [5.41, 5.74) is 0.965. The lowest BCUT2D eigenvalue weighted by molar-refractivity contribution is -0.134. The third kappa shape index (κ3) is 4.69. The number of carboxylic acids is 1. The van der Waals surface area contributed by atoms with Gasteiger partial charge in [0.2, 0.25) is 0 Å². The molecule has 0 aliphatic heterocycles. The quantitative estimate of drug-likeness (QED) is 0.782. The average molecular weight is 346 g/mol. The van der Waals surface area contributed by atoms with Crippen LogP contribution in [0.25, 0.3) is 0 Å². The van der Waals surface area contributed by atoms with Gasteiger partial charge in [-0.2, -0.15) is 0 Å². The Balaban J connectivity index is 2.08. The zero-order valence-corrected chi connectivity index (χ0v) is 14.0. The molecule has 1 atom stereocenters. The van der Waals surface area contributed by atoms with E-state index in [0.717, 1.165) is 18.4 Å². The molecule has 122 valence electrons. The summed E-state index contributed by atoms with van der Waals surface area (Å²) in [6.45, 7) is 2.33. The van der Waals surface area contributed by atoms with Gasteiger partial charge in [-0.05, 0) is 31.4 Å². The van der Waals surface area contributed by atoms with E-state index in [0.29, 0.717) is 17.6 Å². The Morgan fingerprint density at radius 2 is 2.05 bits per heavy atom. The lowest BCUT2D eigenvalue weighted by Gasteiger charge is -2.30. The van der Waals surface area contributed by atoms with Crippen LogP contribution in [0.15, 0.2) is 24.3 Å². The molecule has 1 aliphatic carbocycles. The van der Waals surface area contributed by atoms with Crippen LogP contribution in [0.3, 0.4) is 0 Å². The van der Waals surface area contributed by atoms with E-state index in [1.807, 2.05) is 31.2 Å². The maximum Gasteiger partial charge on any atom is 0.318 e. The average Bonchev–Trinajstić information content (AvgIpc) is 3.22. The summed E-state index contributed by atoms with van der Waals surface area (Å²) in [6.07, 6.45) is 2.07. The third-order valence-electron chi connectivity index (χ3n) is 3.87. The lowest BCUT2D eigenvalue weighted by Crippen LogP contribution is -2.35. The van der Waals surface area contributed by atoms with E-state index in [1.54, 1.807) is 0 Å². The molecule has 0 bridgehead atoms. The number of rotatable bonds is 8. The van der Waals surface area contributed by atoms with Crippen LogP contribution in [-0.4, -0.2) is 48.5 Å². The fraction of sp³-hybridized carbons (Fsp3) is 0.533. The number of halogens is 1. The van der Waals surface area contributed by atoms with Gasteiger partial charge in [0.1, 0.15) is 5.75 Å². The molecule has 1 aliphatic rings. The van der Waals surface area contributed by atoms with Gasteiger partial charge in [-0.3, -0.25) is 9.69 Å². The molecule has 22 heavy (non-hydrogen) atoms. The minimum absolute atomic E-state index is 0.00114. The lowest BCUT2D eigenvalue weighted by atomic mass is 10.1. The molecular weight excluding hydrogens is 326 g/mol. The third-order valence-corrected chi connectivity index (χ3v) is 5.71. The van der Waals surface area contributed by atoms with Crippen LogP contribution in [-0.2, 0) is 14.6 Å². The molecule has 2 rings (SSSR count). The van der Waals surface area contributed by atoms with Crippen molar-refractivity contribution in [2.75, 3.05) is 18.1 Å². The predicted octanol–water partition coefficient (Wildman–Crippen LogP) is 2.36. The predicted molar refractivity (Wildman–Crippen MR) is 85.9 cm³/mol. The van der Waals surface area contributed by atoms with E-state index < -0.39 is 21.6 Å². The molecule has 0 amide bonds. The van der Waals surface area contributed by atoms with Gasteiger partial charge < -0.3 is 5.11 Å². The molecule has 0 spiro atoms. The Bertz CT molecular complexity index is 643. The number of nitrogens with zero attached hydrogens (tertiary/aromatic N) is 1. The number of hydrogen-bond acceptors (Lipinski definition) is 4. The Morgan fingerprint density at radius 3 is 2.59 bits per heavy atom. The summed E-state index contributed by atoms with van der Waals surface area (Å²) in [7, 11) is -3.58. The maximum atomic E-state index is 11.8. The number of hydrogen-bond donors (Lipinski definition) is 1. The van der Waals surface area contributed by atoms with Crippen LogP contribution < -0.4 is 0 Å². The normalized spacial score (nSPS) is 16.7. The topological polar surface area (TPSA) is 74.7 Å². The zero-order chi connectivity index (χ0) is 16.3. The van der Waals surface area contributed by atoms with Gasteiger partial charge in [0.05, 0.1) is 5.75 Å². The van der Waals surface area contributed by atoms with Crippen molar-refractivity contribution in [3.8, 4) is 0 Å². The van der Waals surface area contributed by atoms with Crippen molar-refractivity contribution >= 4 is 27.4 Å². The maximum absolute atomic E-state index is 11.8. The van der Waals surface area contributed by atoms with E-state index in [-0.39, 0.29) is 11.8 Å². The summed E-state index contributed by atoms with van der Waals surface area (Å²) in [6, 6.07) is 7.88. The number of aliphatic carboxylic acids is 1. The molecular formula is C15H20ClNO4S. The Morgan fingerprint density at radius 1 is 1.41 bits per heavy atom. The summed E-state index contributed by atoms with van der Waals surface area (Å²) in [5.74, 6) is -2.27. The fourth-order valence-electron chi connectivity index (χ4n) is 2.60. The van der Waals surface area contributed by atoms with Gasteiger partial charge in [0.25, 0.3) is 0 Å². The highest BCUT2D eigenvalue weighted by atomic mass is 35.5. The van der Waals surface area contributed by atoms with E-state index in [9.17, 15) is 13.2 Å². The molecule has 1 aromatic rings. The van der Waals surface area contributed by atoms with E-state index in [1.165, 1.54) is 0 Å². The largest absolute Gasteiger partial charge is 0.480 e. The smallest absolute Gasteiger partial charge is 0.318 e. The first-order valence-corrected chi connectivity index (χ1v) is 9.42. The summed E-state index contributed by atoms with van der Waals surface area (Å²) < 4.78 is 23.6. The second kappa shape index (κ2) is 6.98. The van der Waals surface area contributed by atoms with Crippen LogP contribution in [0.1, 0.15) is 31.4 Å². The Labute approximate surface area is 135 Å². The fourth-order valence-corrected chi connectivity index (χ4v) is 3.90. The van der Waals surface area contributed by atoms with Crippen LogP contribution in [0, 0.1) is 0 Å². The molecule has 1 saturated carbocycles. The van der Waals surface area contributed by atoms with Crippen molar-refractivity contribution in [2.45, 2.75) is 31.8 Å². The van der Waals surface area contributed by atoms with Crippen molar-refractivity contribution < 1.29 is 18.3 Å². The number of carboxylic acid groups (broad SMARTS) is 1. The van der Waals surface area contributed by atoms with Gasteiger partial charge in [0, 0.05) is 23.7 Å². The second-order valence-electron chi connectivity index (χ2n) is 5.65. The van der Waals surface area contributed by atoms with Gasteiger partial charge in [-0.15, -0.1) is 0 Å². The molecule has 5 nitrogen and oxygen atoms in total. The Kier molecular flexibility index (Phi) is 5.47. The standard InChI is InChI=1S/C15H20ClNO4S/c1-11(13-4-2-3-5-14(13)16)17(12-6-7-12)8-9-22(20,21)10-15(18)19/h2-5,11-12H,6-10H2,1H3,(H,18,19). The molecule has 1 aromatic carbocycles.